The Morgan fingerprint density at radius 2 is 1.46 bits per heavy atom. The van der Waals surface area contributed by atoms with Crippen molar-refractivity contribution in [2.75, 3.05) is 10.8 Å². The van der Waals surface area contributed by atoms with Crippen LogP contribution in [0.3, 0.4) is 0 Å². The van der Waals surface area contributed by atoms with Crippen LogP contribution in [0.1, 0.15) is 45.2 Å². The van der Waals surface area contributed by atoms with Gasteiger partial charge in [-0.25, -0.2) is 12.8 Å². The molecule has 0 saturated carbocycles. The Bertz CT molecular complexity index is 1350. The number of carbonyl (C=O) groups excluding carboxylic acids is 2. The second kappa shape index (κ2) is 13.4. The van der Waals surface area contributed by atoms with Gasteiger partial charge in [0.05, 0.1) is 10.6 Å². The minimum Gasteiger partial charge on any atom is -0.352 e. The number of amides is 2. The molecule has 0 aliphatic heterocycles. The van der Waals surface area contributed by atoms with E-state index < -0.39 is 34.3 Å². The molecule has 208 valence electrons. The fourth-order valence-corrected chi connectivity index (χ4v) is 5.42. The lowest BCUT2D eigenvalue weighted by Crippen LogP contribution is -2.52. The number of hydrogen-bond donors (Lipinski definition) is 1. The molecule has 0 saturated heterocycles. The summed E-state index contributed by atoms with van der Waals surface area (Å²) in [7, 11) is -4.11. The summed E-state index contributed by atoms with van der Waals surface area (Å²) in [5.41, 5.74) is 1.97. The third kappa shape index (κ3) is 7.66. The van der Waals surface area contributed by atoms with Gasteiger partial charge in [-0.2, -0.15) is 0 Å². The summed E-state index contributed by atoms with van der Waals surface area (Å²) in [5, 5.41) is 2.89. The number of halogens is 1. The molecule has 0 aromatic heterocycles. The highest BCUT2D eigenvalue weighted by atomic mass is 32.2. The van der Waals surface area contributed by atoms with Gasteiger partial charge in [-0.3, -0.25) is 13.9 Å². The first-order valence-corrected chi connectivity index (χ1v) is 14.5. The lowest BCUT2D eigenvalue weighted by atomic mass is 10.1. The molecule has 0 radical (unpaired) electrons. The Hall–Kier alpha value is -3.72. The van der Waals surface area contributed by atoms with E-state index in [1.54, 1.807) is 37.3 Å². The molecule has 1 N–H and O–H groups in total. The van der Waals surface area contributed by atoms with Gasteiger partial charge in [0.1, 0.15) is 18.4 Å². The van der Waals surface area contributed by atoms with Crippen molar-refractivity contribution in [3.8, 4) is 0 Å². The van der Waals surface area contributed by atoms with Crippen molar-refractivity contribution >= 4 is 27.5 Å². The Balaban J connectivity index is 2.01. The van der Waals surface area contributed by atoms with E-state index in [0.29, 0.717) is 17.7 Å². The lowest BCUT2D eigenvalue weighted by molar-refractivity contribution is -0.139. The zero-order valence-electron chi connectivity index (χ0n) is 22.8. The Kier molecular flexibility index (Phi) is 10.2. The van der Waals surface area contributed by atoms with Crippen LogP contribution in [0.2, 0.25) is 0 Å². The summed E-state index contributed by atoms with van der Waals surface area (Å²) < 4.78 is 42.1. The van der Waals surface area contributed by atoms with E-state index in [2.05, 4.69) is 5.32 Å². The molecule has 0 unspecified atom stereocenters. The van der Waals surface area contributed by atoms with Crippen LogP contribution in [0.5, 0.6) is 0 Å². The van der Waals surface area contributed by atoms with E-state index in [1.165, 1.54) is 41.3 Å². The molecular weight excluding hydrogens is 517 g/mol. The normalized spacial score (nSPS) is 12.8. The number of carbonyl (C=O) groups is 2. The molecule has 7 nitrogen and oxygen atoms in total. The van der Waals surface area contributed by atoms with E-state index in [4.69, 9.17) is 0 Å². The standard InChI is InChI=1S/C30H36FN3O4S/c1-5-22(3)32-30(36)23(4)33(20-25-12-16-26(31)17-13-25)29(35)21-34(27-18-14-24(6-2)15-19-27)39(37,38)28-10-8-7-9-11-28/h7-19,22-23H,5-6,20-21H2,1-4H3,(H,32,36)/t22-,23+/m0/s1. The van der Waals surface area contributed by atoms with Crippen LogP contribution in [-0.4, -0.2) is 43.8 Å². The molecule has 0 bridgehead atoms. The molecule has 9 heteroatoms. The highest BCUT2D eigenvalue weighted by Crippen LogP contribution is 2.25. The van der Waals surface area contributed by atoms with Crippen LogP contribution in [0.15, 0.2) is 83.8 Å². The van der Waals surface area contributed by atoms with Gasteiger partial charge in [0, 0.05) is 12.6 Å². The molecule has 0 aliphatic rings. The fraction of sp³-hybridized carbons (Fsp3) is 0.333. The van der Waals surface area contributed by atoms with E-state index in [1.807, 2.05) is 32.9 Å². The van der Waals surface area contributed by atoms with Gasteiger partial charge in [-0.15, -0.1) is 0 Å². The minimum absolute atomic E-state index is 0.00219. The van der Waals surface area contributed by atoms with Crippen molar-refractivity contribution in [1.82, 2.24) is 10.2 Å². The number of aryl methyl sites for hydroxylation is 1. The molecule has 3 rings (SSSR count). The molecule has 0 aliphatic carbocycles. The van der Waals surface area contributed by atoms with Gasteiger partial charge in [-0.05, 0) is 74.2 Å². The van der Waals surface area contributed by atoms with Crippen LogP contribution in [-0.2, 0) is 32.6 Å². The van der Waals surface area contributed by atoms with E-state index in [0.717, 1.165) is 16.3 Å². The monoisotopic (exact) mass is 553 g/mol. The largest absolute Gasteiger partial charge is 0.352 e. The zero-order chi connectivity index (χ0) is 28.6. The summed E-state index contributed by atoms with van der Waals surface area (Å²) in [4.78, 5) is 28.3. The summed E-state index contributed by atoms with van der Waals surface area (Å²) in [6.45, 7) is 6.88. The van der Waals surface area contributed by atoms with Gasteiger partial charge in [-0.1, -0.05) is 56.3 Å². The Labute approximate surface area is 230 Å². The summed E-state index contributed by atoms with van der Waals surface area (Å²) in [5.74, 6) is -1.34. The first-order chi connectivity index (χ1) is 18.6. The molecule has 3 aromatic rings. The third-order valence-electron chi connectivity index (χ3n) is 6.68. The second-order valence-electron chi connectivity index (χ2n) is 9.49. The van der Waals surface area contributed by atoms with Crippen molar-refractivity contribution in [1.29, 1.82) is 0 Å². The van der Waals surface area contributed by atoms with Crippen LogP contribution in [0, 0.1) is 5.82 Å². The van der Waals surface area contributed by atoms with Crippen molar-refractivity contribution in [3.05, 3.63) is 95.8 Å². The van der Waals surface area contributed by atoms with Gasteiger partial charge >= 0.3 is 0 Å². The molecule has 0 heterocycles. The number of sulfonamides is 1. The van der Waals surface area contributed by atoms with Gasteiger partial charge < -0.3 is 10.2 Å². The summed E-state index contributed by atoms with van der Waals surface area (Å²) in [6.07, 6.45) is 1.49. The van der Waals surface area contributed by atoms with E-state index in [9.17, 15) is 22.4 Å². The predicted molar refractivity (Wildman–Crippen MR) is 151 cm³/mol. The molecule has 2 amide bonds. The van der Waals surface area contributed by atoms with Gasteiger partial charge in [0.25, 0.3) is 10.0 Å². The molecule has 2 atom stereocenters. The lowest BCUT2D eigenvalue weighted by Gasteiger charge is -2.32. The zero-order valence-corrected chi connectivity index (χ0v) is 23.6. The molecule has 0 spiro atoms. The smallest absolute Gasteiger partial charge is 0.264 e. The second-order valence-corrected chi connectivity index (χ2v) is 11.3. The number of nitrogens with zero attached hydrogens (tertiary/aromatic N) is 2. The van der Waals surface area contributed by atoms with Crippen molar-refractivity contribution in [3.63, 3.8) is 0 Å². The maximum atomic E-state index is 13.9. The summed E-state index contributed by atoms with van der Waals surface area (Å²) >= 11 is 0. The van der Waals surface area contributed by atoms with E-state index >= 15 is 0 Å². The van der Waals surface area contributed by atoms with Crippen LogP contribution < -0.4 is 9.62 Å². The molecule has 0 fully saturated rings. The number of hydrogen-bond acceptors (Lipinski definition) is 4. The van der Waals surface area contributed by atoms with E-state index in [-0.39, 0.29) is 23.4 Å². The topological polar surface area (TPSA) is 86.8 Å². The fourth-order valence-electron chi connectivity index (χ4n) is 3.98. The first-order valence-electron chi connectivity index (χ1n) is 13.1. The number of anilines is 1. The van der Waals surface area contributed by atoms with Crippen molar-refractivity contribution in [2.45, 2.75) is 64.1 Å². The van der Waals surface area contributed by atoms with Crippen LogP contribution >= 0.6 is 0 Å². The Morgan fingerprint density at radius 3 is 2.03 bits per heavy atom. The van der Waals surface area contributed by atoms with Gasteiger partial charge in [0.2, 0.25) is 11.8 Å². The SMILES string of the molecule is CCc1ccc(N(CC(=O)N(Cc2ccc(F)cc2)[C@H](C)C(=O)N[C@@H](C)CC)S(=O)(=O)c2ccccc2)cc1. The summed E-state index contributed by atoms with van der Waals surface area (Å²) in [6, 6.07) is 19.5. The highest BCUT2D eigenvalue weighted by Gasteiger charge is 2.32. The number of nitrogens with one attached hydrogen (secondary N) is 1. The maximum absolute atomic E-state index is 13.9. The average Bonchev–Trinajstić information content (AvgIpc) is 2.95. The van der Waals surface area contributed by atoms with Crippen molar-refractivity contribution in [2.24, 2.45) is 0 Å². The number of rotatable bonds is 12. The highest BCUT2D eigenvalue weighted by molar-refractivity contribution is 7.92. The van der Waals surface area contributed by atoms with Crippen LogP contribution in [0.25, 0.3) is 0 Å². The quantitative estimate of drug-likeness (QED) is 0.345. The maximum Gasteiger partial charge on any atom is 0.264 e. The first kappa shape index (κ1) is 29.8. The molecular formula is C30H36FN3O4S. The van der Waals surface area contributed by atoms with Gasteiger partial charge in [0.15, 0.2) is 0 Å². The average molecular weight is 554 g/mol. The molecule has 3 aromatic carbocycles. The third-order valence-corrected chi connectivity index (χ3v) is 8.47. The van der Waals surface area contributed by atoms with Crippen LogP contribution in [0.4, 0.5) is 10.1 Å². The number of benzene rings is 3. The molecule has 39 heavy (non-hydrogen) atoms. The minimum atomic E-state index is -4.11. The van der Waals surface area contributed by atoms with Crippen molar-refractivity contribution < 1.29 is 22.4 Å². The predicted octanol–water partition coefficient (Wildman–Crippen LogP) is 4.92. The Morgan fingerprint density at radius 1 is 0.872 bits per heavy atom.